The van der Waals surface area contributed by atoms with Crippen molar-refractivity contribution in [3.8, 4) is 0 Å². The molecule has 108 valence electrons. The first-order valence-corrected chi connectivity index (χ1v) is 7.66. The molecule has 3 rings (SSSR count). The zero-order chi connectivity index (χ0) is 14.1. The van der Waals surface area contributed by atoms with Gasteiger partial charge in [0.1, 0.15) is 17.3 Å². The number of anilines is 1. The van der Waals surface area contributed by atoms with Gasteiger partial charge in [-0.15, -0.1) is 0 Å². The average Bonchev–Trinajstić information content (AvgIpc) is 2.94. The van der Waals surface area contributed by atoms with E-state index in [1.54, 1.807) is 4.52 Å². The molecule has 0 unspecified atom stereocenters. The third-order valence-electron chi connectivity index (χ3n) is 4.50. The van der Waals surface area contributed by atoms with Crippen LogP contribution in [-0.4, -0.2) is 32.7 Å². The first-order chi connectivity index (χ1) is 9.69. The fraction of sp³-hybridized carbons (Fsp3) is 0.643. The lowest BCUT2D eigenvalue weighted by molar-refractivity contribution is 0.312. The van der Waals surface area contributed by atoms with Crippen molar-refractivity contribution in [1.82, 2.24) is 19.6 Å². The number of rotatable bonds is 3. The number of fused-ring (bicyclic) bond motifs is 1. The van der Waals surface area contributed by atoms with Crippen molar-refractivity contribution in [1.29, 1.82) is 0 Å². The van der Waals surface area contributed by atoms with Crippen molar-refractivity contribution in [2.45, 2.75) is 45.1 Å². The van der Waals surface area contributed by atoms with Crippen LogP contribution in [0.25, 0.3) is 5.78 Å². The van der Waals surface area contributed by atoms with E-state index in [-0.39, 0.29) is 0 Å². The lowest BCUT2D eigenvalue weighted by Crippen LogP contribution is -2.36. The van der Waals surface area contributed by atoms with Crippen molar-refractivity contribution < 1.29 is 0 Å². The van der Waals surface area contributed by atoms with Crippen LogP contribution < -0.4 is 4.90 Å². The largest absolute Gasteiger partial charge is 0.356 e. The van der Waals surface area contributed by atoms with Crippen LogP contribution in [0.15, 0.2) is 12.4 Å². The van der Waals surface area contributed by atoms with Crippen LogP contribution >= 0.6 is 11.6 Å². The summed E-state index contributed by atoms with van der Waals surface area (Å²) in [6.07, 6.45) is 7.89. The predicted octanol–water partition coefficient (Wildman–Crippen LogP) is 3.18. The molecule has 0 radical (unpaired) electrons. The molecular formula is C14H20ClN5. The number of aromatic nitrogens is 4. The molecular weight excluding hydrogens is 274 g/mol. The van der Waals surface area contributed by atoms with Gasteiger partial charge < -0.3 is 4.90 Å². The summed E-state index contributed by atoms with van der Waals surface area (Å²) < 4.78 is 1.76. The highest BCUT2D eigenvalue weighted by Crippen LogP contribution is 2.31. The minimum absolute atomic E-state index is 0.467. The molecule has 5 nitrogen and oxygen atoms in total. The molecule has 0 aromatic carbocycles. The predicted molar refractivity (Wildman–Crippen MR) is 80.2 cm³/mol. The summed E-state index contributed by atoms with van der Waals surface area (Å²) in [6.45, 7) is 2.29. The average molecular weight is 294 g/mol. The molecule has 0 amide bonds. The second kappa shape index (κ2) is 5.56. The number of halogens is 1. The third-order valence-corrected chi connectivity index (χ3v) is 4.70. The molecule has 1 saturated carbocycles. The Hall–Kier alpha value is -1.36. The van der Waals surface area contributed by atoms with Gasteiger partial charge in [-0.1, -0.05) is 24.9 Å². The SMILES string of the molecule is CCC1CCC(N(C)c2cc(Cl)nc3ncnn23)CC1. The molecule has 0 spiro atoms. The molecule has 0 N–H and O–H groups in total. The van der Waals surface area contributed by atoms with Crippen LogP contribution in [0.2, 0.25) is 5.15 Å². The lowest BCUT2D eigenvalue weighted by atomic mass is 9.84. The Morgan fingerprint density at radius 3 is 2.80 bits per heavy atom. The maximum Gasteiger partial charge on any atom is 0.255 e. The number of hydrogen-bond acceptors (Lipinski definition) is 4. The Labute approximate surface area is 124 Å². The zero-order valence-electron chi connectivity index (χ0n) is 12.0. The number of hydrogen-bond donors (Lipinski definition) is 0. The maximum absolute atomic E-state index is 6.09. The summed E-state index contributed by atoms with van der Waals surface area (Å²) in [7, 11) is 2.11. The quantitative estimate of drug-likeness (QED) is 0.816. The van der Waals surface area contributed by atoms with E-state index in [4.69, 9.17) is 11.6 Å². The Morgan fingerprint density at radius 1 is 1.35 bits per heavy atom. The van der Waals surface area contributed by atoms with E-state index < -0.39 is 0 Å². The summed E-state index contributed by atoms with van der Waals surface area (Å²) in [4.78, 5) is 10.6. The summed E-state index contributed by atoms with van der Waals surface area (Å²) in [5.41, 5.74) is 0. The first-order valence-electron chi connectivity index (χ1n) is 7.28. The van der Waals surface area contributed by atoms with Gasteiger partial charge in [-0.3, -0.25) is 0 Å². The Bertz CT molecular complexity index is 588. The van der Waals surface area contributed by atoms with Crippen molar-refractivity contribution >= 4 is 23.2 Å². The Morgan fingerprint density at radius 2 is 2.10 bits per heavy atom. The summed E-state index contributed by atoms with van der Waals surface area (Å²) in [6, 6.07) is 2.42. The summed E-state index contributed by atoms with van der Waals surface area (Å²) >= 11 is 6.09. The van der Waals surface area contributed by atoms with Gasteiger partial charge in [-0.05, 0) is 31.6 Å². The van der Waals surface area contributed by atoms with Gasteiger partial charge in [-0.2, -0.15) is 19.6 Å². The molecule has 1 fully saturated rings. The van der Waals surface area contributed by atoms with Gasteiger partial charge in [0.2, 0.25) is 0 Å². The van der Waals surface area contributed by atoms with Gasteiger partial charge in [0.15, 0.2) is 0 Å². The van der Waals surface area contributed by atoms with Crippen LogP contribution in [-0.2, 0) is 0 Å². The molecule has 20 heavy (non-hydrogen) atoms. The molecule has 0 aliphatic heterocycles. The van der Waals surface area contributed by atoms with E-state index in [1.807, 2.05) is 6.07 Å². The second-order valence-electron chi connectivity index (χ2n) is 5.60. The van der Waals surface area contributed by atoms with Gasteiger partial charge in [-0.25, -0.2) is 0 Å². The van der Waals surface area contributed by atoms with Crippen LogP contribution in [0.5, 0.6) is 0 Å². The van der Waals surface area contributed by atoms with Crippen LogP contribution in [0.3, 0.4) is 0 Å². The molecule has 2 heterocycles. The van der Waals surface area contributed by atoms with E-state index in [0.29, 0.717) is 17.0 Å². The standard InChI is InChI=1S/C14H20ClN5/c1-3-10-4-6-11(7-5-10)19(2)13-8-12(15)18-14-16-9-17-20(13)14/h8-11H,3-7H2,1-2H3. The molecule has 1 aliphatic rings. The summed E-state index contributed by atoms with van der Waals surface area (Å²) in [5, 5.41) is 4.72. The third kappa shape index (κ3) is 2.46. The van der Waals surface area contributed by atoms with Gasteiger partial charge in [0.05, 0.1) is 0 Å². The minimum atomic E-state index is 0.467. The Kier molecular flexibility index (Phi) is 3.78. The molecule has 2 aromatic rings. The van der Waals surface area contributed by atoms with Crippen molar-refractivity contribution in [2.75, 3.05) is 11.9 Å². The molecule has 6 heteroatoms. The van der Waals surface area contributed by atoms with E-state index in [2.05, 4.69) is 33.9 Å². The first kappa shape index (κ1) is 13.6. The van der Waals surface area contributed by atoms with E-state index in [1.165, 1.54) is 38.4 Å². The van der Waals surface area contributed by atoms with E-state index in [9.17, 15) is 0 Å². The van der Waals surface area contributed by atoms with E-state index >= 15 is 0 Å². The smallest absolute Gasteiger partial charge is 0.255 e. The second-order valence-corrected chi connectivity index (χ2v) is 5.99. The van der Waals surface area contributed by atoms with Gasteiger partial charge >= 0.3 is 0 Å². The highest BCUT2D eigenvalue weighted by molar-refractivity contribution is 6.29. The van der Waals surface area contributed by atoms with Crippen LogP contribution in [0.4, 0.5) is 5.82 Å². The van der Waals surface area contributed by atoms with Gasteiger partial charge in [0, 0.05) is 19.2 Å². The highest BCUT2D eigenvalue weighted by atomic mass is 35.5. The summed E-state index contributed by atoms with van der Waals surface area (Å²) in [5.74, 6) is 2.42. The monoisotopic (exact) mass is 293 g/mol. The van der Waals surface area contributed by atoms with Crippen molar-refractivity contribution in [2.24, 2.45) is 5.92 Å². The molecule has 2 aromatic heterocycles. The lowest BCUT2D eigenvalue weighted by Gasteiger charge is -2.35. The number of nitrogens with zero attached hydrogens (tertiary/aromatic N) is 5. The fourth-order valence-corrected chi connectivity index (χ4v) is 3.32. The molecule has 1 aliphatic carbocycles. The Balaban J connectivity index is 1.85. The van der Waals surface area contributed by atoms with Crippen molar-refractivity contribution in [3.63, 3.8) is 0 Å². The fourth-order valence-electron chi connectivity index (χ4n) is 3.15. The van der Waals surface area contributed by atoms with Crippen LogP contribution in [0, 0.1) is 5.92 Å². The normalized spacial score (nSPS) is 23.1. The highest BCUT2D eigenvalue weighted by Gasteiger charge is 2.25. The zero-order valence-corrected chi connectivity index (χ0v) is 12.7. The minimum Gasteiger partial charge on any atom is -0.356 e. The molecule has 0 atom stereocenters. The molecule has 0 bridgehead atoms. The topological polar surface area (TPSA) is 46.3 Å². The molecule has 0 saturated heterocycles. The van der Waals surface area contributed by atoms with Crippen LogP contribution in [0.1, 0.15) is 39.0 Å². The van der Waals surface area contributed by atoms with Gasteiger partial charge in [0.25, 0.3) is 5.78 Å². The van der Waals surface area contributed by atoms with E-state index in [0.717, 1.165) is 11.7 Å². The maximum atomic E-state index is 6.09. The van der Waals surface area contributed by atoms with Crippen molar-refractivity contribution in [3.05, 3.63) is 17.5 Å².